The normalized spacial score (nSPS) is 10.0. The van der Waals surface area contributed by atoms with E-state index in [0.29, 0.717) is 5.69 Å². The summed E-state index contributed by atoms with van der Waals surface area (Å²) in [6.07, 6.45) is 1.63. The molecule has 1 aromatic carbocycles. The maximum absolute atomic E-state index is 5.66. The number of methoxy groups -OCH3 is 1. The van der Waals surface area contributed by atoms with Gasteiger partial charge in [-0.25, -0.2) is 4.98 Å². The Kier molecular flexibility index (Phi) is 3.14. The van der Waals surface area contributed by atoms with E-state index in [1.54, 1.807) is 13.3 Å². The van der Waals surface area contributed by atoms with Crippen molar-refractivity contribution in [2.75, 3.05) is 18.2 Å². The van der Waals surface area contributed by atoms with Crippen molar-refractivity contribution in [1.29, 1.82) is 0 Å². The molecule has 4 heteroatoms. The van der Waals surface area contributed by atoms with Crippen LogP contribution in [0, 0.1) is 6.92 Å². The molecule has 0 amide bonds. The van der Waals surface area contributed by atoms with Gasteiger partial charge in [0, 0.05) is 11.8 Å². The van der Waals surface area contributed by atoms with Crippen LogP contribution in [0.2, 0.25) is 0 Å². The number of ether oxygens (including phenoxy) is 1. The van der Waals surface area contributed by atoms with Crippen LogP contribution >= 0.6 is 0 Å². The Morgan fingerprint density at radius 2 is 2.12 bits per heavy atom. The maximum Gasteiger partial charge on any atom is 0.133 e. The lowest BCUT2D eigenvalue weighted by Gasteiger charge is -2.09. The van der Waals surface area contributed by atoms with E-state index in [2.05, 4.69) is 10.3 Å². The molecular formula is C13H15N3O. The summed E-state index contributed by atoms with van der Waals surface area (Å²) >= 11 is 0. The number of hydrogen-bond acceptors (Lipinski definition) is 4. The average Bonchev–Trinajstić information content (AvgIpc) is 2.33. The molecule has 0 aliphatic carbocycles. The lowest BCUT2D eigenvalue weighted by Crippen LogP contribution is -1.98. The van der Waals surface area contributed by atoms with Crippen LogP contribution in [0.15, 0.2) is 36.5 Å². The molecule has 3 N–H and O–H groups in total. The smallest absolute Gasteiger partial charge is 0.133 e. The van der Waals surface area contributed by atoms with Gasteiger partial charge in [0.1, 0.15) is 11.6 Å². The highest BCUT2D eigenvalue weighted by Crippen LogP contribution is 2.22. The molecule has 0 saturated heterocycles. The van der Waals surface area contributed by atoms with Crippen LogP contribution in [0.25, 0.3) is 0 Å². The van der Waals surface area contributed by atoms with Crippen LogP contribution in [0.5, 0.6) is 5.75 Å². The zero-order valence-electron chi connectivity index (χ0n) is 9.90. The van der Waals surface area contributed by atoms with Crippen molar-refractivity contribution in [3.63, 3.8) is 0 Å². The van der Waals surface area contributed by atoms with Crippen LogP contribution in [-0.2, 0) is 0 Å². The molecule has 2 aromatic rings. The Balaban J connectivity index is 2.25. The minimum atomic E-state index is 0.665. The fourth-order valence-corrected chi connectivity index (χ4v) is 1.56. The second-order valence-electron chi connectivity index (χ2n) is 3.79. The maximum atomic E-state index is 5.66. The molecule has 4 nitrogen and oxygen atoms in total. The summed E-state index contributed by atoms with van der Waals surface area (Å²) in [4.78, 5) is 4.25. The van der Waals surface area contributed by atoms with Gasteiger partial charge in [-0.05, 0) is 30.7 Å². The Labute approximate surface area is 100 Å². The zero-order chi connectivity index (χ0) is 12.3. The Morgan fingerprint density at radius 1 is 1.29 bits per heavy atom. The number of aryl methyl sites for hydroxylation is 1. The molecule has 0 bridgehead atoms. The predicted molar refractivity (Wildman–Crippen MR) is 69.7 cm³/mol. The molecule has 0 saturated carbocycles. The monoisotopic (exact) mass is 229 g/mol. The first kappa shape index (κ1) is 11.3. The first-order valence-electron chi connectivity index (χ1n) is 5.32. The molecule has 0 atom stereocenters. The van der Waals surface area contributed by atoms with Crippen LogP contribution in [0.4, 0.5) is 17.2 Å². The van der Waals surface area contributed by atoms with Crippen molar-refractivity contribution in [2.45, 2.75) is 6.92 Å². The third kappa shape index (κ3) is 2.66. The molecule has 0 unspecified atom stereocenters. The molecular weight excluding hydrogens is 214 g/mol. The SMILES string of the molecule is COc1cccc(Nc2ncc(N)cc2C)c1. The van der Waals surface area contributed by atoms with Crippen molar-refractivity contribution < 1.29 is 4.74 Å². The van der Waals surface area contributed by atoms with Crippen molar-refractivity contribution in [3.8, 4) is 5.75 Å². The fraction of sp³-hybridized carbons (Fsp3) is 0.154. The van der Waals surface area contributed by atoms with E-state index in [1.165, 1.54) is 0 Å². The number of nitrogens with zero attached hydrogens (tertiary/aromatic N) is 1. The first-order chi connectivity index (χ1) is 8.19. The number of nitrogen functional groups attached to an aromatic ring is 1. The van der Waals surface area contributed by atoms with Gasteiger partial charge < -0.3 is 15.8 Å². The van der Waals surface area contributed by atoms with Gasteiger partial charge in [0.2, 0.25) is 0 Å². The van der Waals surface area contributed by atoms with Crippen LogP contribution in [-0.4, -0.2) is 12.1 Å². The largest absolute Gasteiger partial charge is 0.497 e. The van der Waals surface area contributed by atoms with Crippen LogP contribution in [0.1, 0.15) is 5.56 Å². The van der Waals surface area contributed by atoms with Gasteiger partial charge in [-0.2, -0.15) is 0 Å². The number of anilines is 3. The highest BCUT2D eigenvalue weighted by atomic mass is 16.5. The highest BCUT2D eigenvalue weighted by Gasteiger charge is 2.01. The number of hydrogen-bond donors (Lipinski definition) is 2. The van der Waals surface area contributed by atoms with Gasteiger partial charge >= 0.3 is 0 Å². The van der Waals surface area contributed by atoms with E-state index in [1.807, 2.05) is 37.3 Å². The number of nitrogens with one attached hydrogen (secondary N) is 1. The van der Waals surface area contributed by atoms with E-state index >= 15 is 0 Å². The van der Waals surface area contributed by atoms with Crippen LogP contribution in [0.3, 0.4) is 0 Å². The zero-order valence-corrected chi connectivity index (χ0v) is 9.90. The minimum Gasteiger partial charge on any atom is -0.497 e. The standard InChI is InChI=1S/C13H15N3O/c1-9-6-10(14)8-15-13(9)16-11-4-3-5-12(7-11)17-2/h3-8H,14H2,1-2H3,(H,15,16). The Hall–Kier alpha value is -2.23. The van der Waals surface area contributed by atoms with E-state index in [4.69, 9.17) is 10.5 Å². The number of benzene rings is 1. The summed E-state index contributed by atoms with van der Waals surface area (Å²) in [6.45, 7) is 1.96. The minimum absolute atomic E-state index is 0.665. The number of rotatable bonds is 3. The first-order valence-corrected chi connectivity index (χ1v) is 5.32. The molecule has 88 valence electrons. The number of pyridine rings is 1. The van der Waals surface area contributed by atoms with Gasteiger partial charge in [-0.1, -0.05) is 6.07 Å². The van der Waals surface area contributed by atoms with Crippen molar-refractivity contribution >= 4 is 17.2 Å². The summed E-state index contributed by atoms with van der Waals surface area (Å²) in [5.41, 5.74) is 8.26. The van der Waals surface area contributed by atoms with E-state index < -0.39 is 0 Å². The Morgan fingerprint density at radius 3 is 2.82 bits per heavy atom. The molecule has 2 rings (SSSR count). The molecule has 17 heavy (non-hydrogen) atoms. The molecule has 0 aliphatic rings. The predicted octanol–water partition coefficient (Wildman–Crippen LogP) is 2.72. The molecule has 0 spiro atoms. The third-order valence-electron chi connectivity index (χ3n) is 2.43. The number of nitrogens with two attached hydrogens (primary N) is 1. The van der Waals surface area contributed by atoms with Gasteiger partial charge in [0.05, 0.1) is 19.0 Å². The van der Waals surface area contributed by atoms with Gasteiger partial charge in [0.15, 0.2) is 0 Å². The second-order valence-corrected chi connectivity index (χ2v) is 3.79. The summed E-state index contributed by atoms with van der Waals surface area (Å²) < 4.78 is 5.16. The molecule has 0 fully saturated rings. The molecule has 0 aliphatic heterocycles. The molecule has 1 aromatic heterocycles. The van der Waals surface area contributed by atoms with Gasteiger partial charge in [-0.3, -0.25) is 0 Å². The lowest BCUT2D eigenvalue weighted by atomic mass is 10.2. The quantitative estimate of drug-likeness (QED) is 0.849. The summed E-state index contributed by atoms with van der Waals surface area (Å²) in [5, 5.41) is 3.23. The van der Waals surface area contributed by atoms with E-state index in [0.717, 1.165) is 22.8 Å². The third-order valence-corrected chi connectivity index (χ3v) is 2.43. The summed E-state index contributed by atoms with van der Waals surface area (Å²) in [7, 11) is 1.64. The summed E-state index contributed by atoms with van der Waals surface area (Å²) in [5.74, 6) is 1.61. The van der Waals surface area contributed by atoms with E-state index in [-0.39, 0.29) is 0 Å². The van der Waals surface area contributed by atoms with Gasteiger partial charge in [-0.15, -0.1) is 0 Å². The molecule has 1 heterocycles. The second kappa shape index (κ2) is 4.74. The van der Waals surface area contributed by atoms with Crippen molar-refractivity contribution in [2.24, 2.45) is 0 Å². The van der Waals surface area contributed by atoms with Gasteiger partial charge in [0.25, 0.3) is 0 Å². The average molecular weight is 229 g/mol. The number of aromatic nitrogens is 1. The van der Waals surface area contributed by atoms with Crippen molar-refractivity contribution in [1.82, 2.24) is 4.98 Å². The van der Waals surface area contributed by atoms with E-state index in [9.17, 15) is 0 Å². The van der Waals surface area contributed by atoms with Crippen LogP contribution < -0.4 is 15.8 Å². The van der Waals surface area contributed by atoms with Crippen molar-refractivity contribution in [3.05, 3.63) is 42.1 Å². The highest BCUT2D eigenvalue weighted by molar-refractivity contribution is 5.62. The topological polar surface area (TPSA) is 60.2 Å². The Bertz CT molecular complexity index is 526. The molecule has 0 radical (unpaired) electrons. The summed E-state index contributed by atoms with van der Waals surface area (Å²) in [6, 6.07) is 9.58. The fourth-order valence-electron chi connectivity index (χ4n) is 1.56. The lowest BCUT2D eigenvalue weighted by molar-refractivity contribution is 0.415.